The van der Waals surface area contributed by atoms with Crippen LogP contribution in [-0.2, 0) is 16.1 Å². The third-order valence-electron chi connectivity index (χ3n) is 4.32. The van der Waals surface area contributed by atoms with Crippen LogP contribution in [0.2, 0.25) is 0 Å². The van der Waals surface area contributed by atoms with Crippen molar-refractivity contribution in [2.24, 2.45) is 0 Å². The first-order chi connectivity index (χ1) is 14.5. The minimum atomic E-state index is -0.569. The third-order valence-corrected chi connectivity index (χ3v) is 4.32. The Morgan fingerprint density at radius 3 is 2.57 bits per heavy atom. The predicted octanol–water partition coefficient (Wildman–Crippen LogP) is 2.91. The van der Waals surface area contributed by atoms with E-state index in [9.17, 15) is 4.79 Å². The van der Waals surface area contributed by atoms with Crippen LogP contribution >= 0.6 is 0 Å². The molecule has 0 saturated carbocycles. The second-order valence-electron chi connectivity index (χ2n) is 6.91. The van der Waals surface area contributed by atoms with E-state index in [2.05, 4.69) is 20.8 Å². The number of ether oxygens (including phenoxy) is 3. The number of hydrogen-bond donors (Lipinski definition) is 1. The first kappa shape index (κ1) is 21.4. The predicted molar refractivity (Wildman–Crippen MR) is 111 cm³/mol. The van der Waals surface area contributed by atoms with Crippen LogP contribution in [0.5, 0.6) is 5.75 Å². The quantitative estimate of drug-likeness (QED) is 0.608. The third kappa shape index (κ3) is 5.40. The van der Waals surface area contributed by atoms with Gasteiger partial charge >= 0.3 is 6.09 Å². The van der Waals surface area contributed by atoms with Gasteiger partial charge in [-0.1, -0.05) is 29.8 Å². The van der Waals surface area contributed by atoms with E-state index >= 15 is 0 Å². The Balaban J connectivity index is 1.97. The zero-order valence-electron chi connectivity index (χ0n) is 17.5. The molecule has 9 nitrogen and oxygen atoms in total. The summed E-state index contributed by atoms with van der Waals surface area (Å²) in [6.07, 6.45) is -0.569. The standard InChI is InChI=1S/C21H25N5O4/c1-14-5-7-16(8-6-14)17-9-18(26-20(13-29-4)23-24-25-26)11-19(10-17)30-21(27)22-15(2)12-28-3/h5-11,15H,12-13H2,1-4H3,(H,22,27)/t15-/m1/s1. The molecule has 0 aliphatic rings. The van der Waals surface area contributed by atoms with Gasteiger partial charge in [-0.15, -0.1) is 5.10 Å². The van der Waals surface area contributed by atoms with E-state index in [-0.39, 0.29) is 12.6 Å². The maximum absolute atomic E-state index is 12.3. The monoisotopic (exact) mass is 411 g/mol. The van der Waals surface area contributed by atoms with Crippen molar-refractivity contribution < 1.29 is 19.0 Å². The van der Waals surface area contributed by atoms with Crippen molar-refractivity contribution in [1.82, 2.24) is 25.5 Å². The van der Waals surface area contributed by atoms with E-state index in [1.165, 1.54) is 0 Å². The largest absolute Gasteiger partial charge is 0.412 e. The highest BCUT2D eigenvalue weighted by Gasteiger charge is 2.15. The van der Waals surface area contributed by atoms with Gasteiger partial charge < -0.3 is 19.5 Å². The second-order valence-corrected chi connectivity index (χ2v) is 6.91. The van der Waals surface area contributed by atoms with E-state index in [0.29, 0.717) is 23.9 Å². The van der Waals surface area contributed by atoms with Crippen LogP contribution < -0.4 is 10.1 Å². The maximum atomic E-state index is 12.3. The average Bonchev–Trinajstić information content (AvgIpc) is 3.17. The zero-order chi connectivity index (χ0) is 21.5. The normalized spacial score (nSPS) is 11.9. The number of aromatic nitrogens is 4. The lowest BCUT2D eigenvalue weighted by Crippen LogP contribution is -2.37. The Morgan fingerprint density at radius 1 is 1.10 bits per heavy atom. The number of benzene rings is 2. The fourth-order valence-corrected chi connectivity index (χ4v) is 2.93. The van der Waals surface area contributed by atoms with Crippen molar-refractivity contribution in [1.29, 1.82) is 0 Å². The molecule has 3 aromatic rings. The highest BCUT2D eigenvalue weighted by molar-refractivity contribution is 5.74. The van der Waals surface area contributed by atoms with Crippen molar-refractivity contribution in [3.8, 4) is 22.6 Å². The summed E-state index contributed by atoms with van der Waals surface area (Å²) in [5.74, 6) is 0.895. The summed E-state index contributed by atoms with van der Waals surface area (Å²) in [4.78, 5) is 12.3. The SMILES string of the molecule is COCc1nnnn1-c1cc(OC(=O)N[C@H](C)COC)cc(-c2ccc(C)cc2)c1. The highest BCUT2D eigenvalue weighted by atomic mass is 16.6. The molecule has 0 fully saturated rings. The first-order valence-electron chi connectivity index (χ1n) is 9.46. The lowest BCUT2D eigenvalue weighted by Gasteiger charge is -2.14. The van der Waals surface area contributed by atoms with Gasteiger partial charge in [-0.05, 0) is 47.5 Å². The molecule has 2 aromatic carbocycles. The Bertz CT molecular complexity index is 987. The van der Waals surface area contributed by atoms with Crippen molar-refractivity contribution in [3.05, 3.63) is 53.9 Å². The zero-order valence-corrected chi connectivity index (χ0v) is 17.5. The summed E-state index contributed by atoms with van der Waals surface area (Å²) >= 11 is 0. The van der Waals surface area contributed by atoms with Gasteiger partial charge in [0.15, 0.2) is 5.82 Å². The molecule has 0 spiro atoms. The van der Waals surface area contributed by atoms with Crippen molar-refractivity contribution in [2.75, 3.05) is 20.8 Å². The highest BCUT2D eigenvalue weighted by Crippen LogP contribution is 2.28. The molecule has 1 atom stereocenters. The summed E-state index contributed by atoms with van der Waals surface area (Å²) in [5.41, 5.74) is 3.64. The van der Waals surface area contributed by atoms with E-state index in [1.807, 2.05) is 44.2 Å². The molecule has 0 aliphatic carbocycles. The maximum Gasteiger partial charge on any atom is 0.412 e. The summed E-state index contributed by atoms with van der Waals surface area (Å²) in [6.45, 7) is 4.48. The van der Waals surface area contributed by atoms with Crippen LogP contribution in [0.25, 0.3) is 16.8 Å². The molecule has 30 heavy (non-hydrogen) atoms. The number of nitrogens with zero attached hydrogens (tertiary/aromatic N) is 4. The van der Waals surface area contributed by atoms with E-state index in [4.69, 9.17) is 14.2 Å². The Morgan fingerprint density at radius 2 is 1.87 bits per heavy atom. The van der Waals surface area contributed by atoms with Crippen LogP contribution in [0.1, 0.15) is 18.3 Å². The average molecular weight is 411 g/mol. The van der Waals surface area contributed by atoms with Crippen LogP contribution in [0.15, 0.2) is 42.5 Å². The van der Waals surface area contributed by atoms with Crippen LogP contribution in [0, 0.1) is 6.92 Å². The number of hydrogen-bond acceptors (Lipinski definition) is 7. The number of carbonyl (C=O) groups is 1. The van der Waals surface area contributed by atoms with Crippen LogP contribution in [-0.4, -0.2) is 53.2 Å². The van der Waals surface area contributed by atoms with E-state index in [1.54, 1.807) is 31.0 Å². The molecule has 3 rings (SSSR count). The molecule has 0 radical (unpaired) electrons. The molecular formula is C21H25N5O4. The minimum absolute atomic E-state index is 0.185. The molecule has 1 N–H and O–H groups in total. The van der Waals surface area contributed by atoms with Gasteiger partial charge in [0.1, 0.15) is 12.4 Å². The van der Waals surface area contributed by atoms with E-state index < -0.39 is 6.09 Å². The Hall–Kier alpha value is -3.30. The summed E-state index contributed by atoms with van der Waals surface area (Å²) < 4.78 is 17.3. The first-order valence-corrected chi connectivity index (χ1v) is 9.46. The van der Waals surface area contributed by atoms with Gasteiger partial charge in [-0.25, -0.2) is 4.79 Å². The van der Waals surface area contributed by atoms with Gasteiger partial charge in [0.2, 0.25) is 0 Å². The molecule has 0 aliphatic heterocycles. The van der Waals surface area contributed by atoms with Gasteiger partial charge in [0, 0.05) is 20.3 Å². The molecule has 0 saturated heterocycles. The number of aryl methyl sites for hydroxylation is 1. The van der Waals surface area contributed by atoms with Gasteiger partial charge in [-0.3, -0.25) is 0 Å². The molecule has 1 heterocycles. The summed E-state index contributed by atoms with van der Waals surface area (Å²) in [6, 6.07) is 13.3. The molecule has 158 valence electrons. The van der Waals surface area contributed by atoms with E-state index in [0.717, 1.165) is 16.7 Å². The number of amides is 1. The topological polar surface area (TPSA) is 100 Å². The van der Waals surface area contributed by atoms with Crippen molar-refractivity contribution in [2.45, 2.75) is 26.5 Å². The lowest BCUT2D eigenvalue weighted by atomic mass is 10.0. The van der Waals surface area contributed by atoms with Crippen molar-refractivity contribution >= 4 is 6.09 Å². The Labute approximate surface area is 175 Å². The number of carbonyl (C=O) groups excluding carboxylic acids is 1. The van der Waals surface area contributed by atoms with Gasteiger partial charge in [0.05, 0.1) is 18.3 Å². The van der Waals surface area contributed by atoms with Crippen LogP contribution in [0.4, 0.5) is 4.79 Å². The number of rotatable bonds is 8. The molecule has 0 unspecified atom stereocenters. The van der Waals surface area contributed by atoms with Gasteiger partial charge in [0.25, 0.3) is 0 Å². The number of nitrogens with one attached hydrogen (secondary N) is 1. The molecular weight excluding hydrogens is 386 g/mol. The molecule has 0 bridgehead atoms. The minimum Gasteiger partial charge on any atom is -0.410 e. The van der Waals surface area contributed by atoms with Crippen LogP contribution in [0.3, 0.4) is 0 Å². The second kappa shape index (κ2) is 9.95. The Kier molecular flexibility index (Phi) is 7.10. The van der Waals surface area contributed by atoms with Crippen molar-refractivity contribution in [3.63, 3.8) is 0 Å². The lowest BCUT2D eigenvalue weighted by molar-refractivity contribution is 0.159. The summed E-state index contributed by atoms with van der Waals surface area (Å²) in [5, 5.41) is 14.5. The molecule has 9 heteroatoms. The smallest absolute Gasteiger partial charge is 0.410 e. The fraction of sp³-hybridized carbons (Fsp3) is 0.333. The molecule has 1 aromatic heterocycles. The number of tetrazole rings is 1. The summed E-state index contributed by atoms with van der Waals surface area (Å²) in [7, 11) is 3.15. The number of methoxy groups -OCH3 is 2. The van der Waals surface area contributed by atoms with Gasteiger partial charge in [-0.2, -0.15) is 4.68 Å². The molecule has 1 amide bonds. The fourth-order valence-electron chi connectivity index (χ4n) is 2.93.